The van der Waals surface area contributed by atoms with E-state index in [2.05, 4.69) is 21.2 Å². The first-order valence-electron chi connectivity index (χ1n) is 6.16. The molecule has 0 fully saturated rings. The summed E-state index contributed by atoms with van der Waals surface area (Å²) < 4.78 is 21.6. The van der Waals surface area contributed by atoms with E-state index in [0.29, 0.717) is 43.6 Å². The molecule has 1 aromatic rings. The van der Waals surface area contributed by atoms with Gasteiger partial charge in [-0.15, -0.1) is 0 Å². The highest BCUT2D eigenvalue weighted by Crippen LogP contribution is 2.38. The molecule has 0 unspecified atom stereocenters. The summed E-state index contributed by atoms with van der Waals surface area (Å²) in [7, 11) is 1.58. The molecule has 20 heavy (non-hydrogen) atoms. The molecule has 7 heteroatoms. The number of hydrogen-bond donors (Lipinski definition) is 1. The standard InChI is InChI=1S/C13H16BrNO5/c1-17-2-3-18-8-13(16)15-10-7-12-11(6-9(10)14)19-4-5-20-12/h6-7H,2-5,8H2,1H3,(H,15,16). The Bertz CT molecular complexity index is 480. The van der Waals surface area contributed by atoms with E-state index in [9.17, 15) is 4.79 Å². The number of halogens is 1. The van der Waals surface area contributed by atoms with Crippen LogP contribution in [0.1, 0.15) is 0 Å². The van der Waals surface area contributed by atoms with E-state index in [-0.39, 0.29) is 12.5 Å². The lowest BCUT2D eigenvalue weighted by molar-refractivity contribution is -0.121. The Morgan fingerprint density at radius 3 is 2.70 bits per heavy atom. The lowest BCUT2D eigenvalue weighted by Crippen LogP contribution is -2.20. The fraction of sp³-hybridized carbons (Fsp3) is 0.462. The van der Waals surface area contributed by atoms with Crippen molar-refractivity contribution in [1.29, 1.82) is 0 Å². The van der Waals surface area contributed by atoms with Crippen molar-refractivity contribution in [3.63, 3.8) is 0 Å². The monoisotopic (exact) mass is 345 g/mol. The zero-order valence-electron chi connectivity index (χ0n) is 11.1. The van der Waals surface area contributed by atoms with E-state index in [1.807, 2.05) is 0 Å². The number of methoxy groups -OCH3 is 1. The molecule has 0 saturated heterocycles. The SMILES string of the molecule is COCCOCC(=O)Nc1cc2c(cc1Br)OCCO2. The minimum Gasteiger partial charge on any atom is -0.486 e. The fourth-order valence-corrected chi connectivity index (χ4v) is 2.07. The van der Waals surface area contributed by atoms with Crippen LogP contribution >= 0.6 is 15.9 Å². The minimum atomic E-state index is -0.238. The van der Waals surface area contributed by atoms with E-state index in [4.69, 9.17) is 18.9 Å². The van der Waals surface area contributed by atoms with Crippen molar-refractivity contribution in [2.75, 3.05) is 45.5 Å². The average molecular weight is 346 g/mol. The van der Waals surface area contributed by atoms with E-state index in [1.165, 1.54) is 0 Å². The van der Waals surface area contributed by atoms with Crippen LogP contribution in [0, 0.1) is 0 Å². The number of nitrogens with one attached hydrogen (secondary N) is 1. The van der Waals surface area contributed by atoms with Gasteiger partial charge >= 0.3 is 0 Å². The van der Waals surface area contributed by atoms with Crippen molar-refractivity contribution >= 4 is 27.5 Å². The molecule has 1 N–H and O–H groups in total. The number of fused-ring (bicyclic) bond motifs is 1. The summed E-state index contributed by atoms with van der Waals surface area (Å²) in [6, 6.07) is 3.50. The third-order valence-electron chi connectivity index (χ3n) is 2.57. The summed E-state index contributed by atoms with van der Waals surface area (Å²) in [6.07, 6.45) is 0. The maximum Gasteiger partial charge on any atom is 0.250 e. The highest BCUT2D eigenvalue weighted by molar-refractivity contribution is 9.10. The van der Waals surface area contributed by atoms with E-state index >= 15 is 0 Å². The van der Waals surface area contributed by atoms with Gasteiger partial charge in [-0.2, -0.15) is 0 Å². The predicted octanol–water partition coefficient (Wildman–Crippen LogP) is 1.82. The molecule has 0 atom stereocenters. The Hall–Kier alpha value is -1.31. The Balaban J connectivity index is 1.93. The molecular formula is C13H16BrNO5. The van der Waals surface area contributed by atoms with Crippen molar-refractivity contribution in [2.24, 2.45) is 0 Å². The van der Waals surface area contributed by atoms with Crippen molar-refractivity contribution < 1.29 is 23.7 Å². The summed E-state index contributed by atoms with van der Waals surface area (Å²) in [6.45, 7) is 1.85. The maximum atomic E-state index is 11.7. The Morgan fingerprint density at radius 2 is 2.00 bits per heavy atom. The number of amides is 1. The number of ether oxygens (including phenoxy) is 4. The third kappa shape index (κ3) is 4.09. The molecular weight excluding hydrogens is 330 g/mol. The van der Waals surface area contributed by atoms with Crippen molar-refractivity contribution in [3.8, 4) is 11.5 Å². The van der Waals surface area contributed by atoms with Gasteiger partial charge in [-0.3, -0.25) is 4.79 Å². The summed E-state index contributed by atoms with van der Waals surface area (Å²) >= 11 is 3.39. The first-order valence-corrected chi connectivity index (χ1v) is 6.95. The zero-order chi connectivity index (χ0) is 14.4. The quantitative estimate of drug-likeness (QED) is 0.796. The molecule has 6 nitrogen and oxygen atoms in total. The summed E-state index contributed by atoms with van der Waals surface area (Å²) in [5.41, 5.74) is 0.620. The molecule has 0 saturated carbocycles. The minimum absolute atomic E-state index is 0.0236. The van der Waals surface area contributed by atoms with Gasteiger partial charge in [0.05, 0.1) is 18.9 Å². The Morgan fingerprint density at radius 1 is 1.30 bits per heavy atom. The molecule has 0 bridgehead atoms. The second-order valence-electron chi connectivity index (χ2n) is 4.07. The number of carbonyl (C=O) groups is 1. The first-order chi connectivity index (χ1) is 9.70. The molecule has 1 aliphatic rings. The molecule has 0 aromatic heterocycles. The van der Waals surface area contributed by atoms with Crippen LogP contribution in [0.3, 0.4) is 0 Å². The van der Waals surface area contributed by atoms with Crippen LogP contribution in [-0.2, 0) is 14.3 Å². The first kappa shape index (κ1) is 15.1. The van der Waals surface area contributed by atoms with E-state index in [1.54, 1.807) is 19.2 Å². The van der Waals surface area contributed by atoms with Crippen LogP contribution in [0.5, 0.6) is 11.5 Å². The third-order valence-corrected chi connectivity index (χ3v) is 3.23. The fourth-order valence-electron chi connectivity index (χ4n) is 1.65. The zero-order valence-corrected chi connectivity index (χ0v) is 12.7. The molecule has 1 amide bonds. The van der Waals surface area contributed by atoms with Crippen LogP contribution in [0.4, 0.5) is 5.69 Å². The Kier molecular flexibility index (Phi) is 5.63. The average Bonchev–Trinajstić information content (AvgIpc) is 2.44. The van der Waals surface area contributed by atoms with Crippen molar-refractivity contribution in [1.82, 2.24) is 0 Å². The topological polar surface area (TPSA) is 66.0 Å². The number of benzene rings is 1. The summed E-state index contributed by atoms with van der Waals surface area (Å²) in [4.78, 5) is 11.7. The molecule has 110 valence electrons. The second kappa shape index (κ2) is 7.47. The van der Waals surface area contributed by atoms with Crippen LogP contribution in [0.2, 0.25) is 0 Å². The van der Waals surface area contributed by atoms with Crippen LogP contribution in [0.25, 0.3) is 0 Å². The van der Waals surface area contributed by atoms with Gasteiger partial charge in [0.25, 0.3) is 0 Å². The van der Waals surface area contributed by atoms with Crippen LogP contribution in [-0.4, -0.2) is 46.1 Å². The van der Waals surface area contributed by atoms with Gasteiger partial charge in [0.2, 0.25) is 5.91 Å². The molecule has 1 heterocycles. The Labute approximate surface area is 125 Å². The highest BCUT2D eigenvalue weighted by Gasteiger charge is 2.16. The molecule has 0 radical (unpaired) electrons. The van der Waals surface area contributed by atoms with Gasteiger partial charge in [-0.1, -0.05) is 0 Å². The number of rotatable bonds is 6. The van der Waals surface area contributed by atoms with Crippen molar-refractivity contribution in [3.05, 3.63) is 16.6 Å². The molecule has 1 aromatic carbocycles. The van der Waals surface area contributed by atoms with Gasteiger partial charge in [0.1, 0.15) is 19.8 Å². The second-order valence-corrected chi connectivity index (χ2v) is 4.92. The van der Waals surface area contributed by atoms with Gasteiger partial charge in [-0.05, 0) is 15.9 Å². The lowest BCUT2D eigenvalue weighted by Gasteiger charge is -2.20. The van der Waals surface area contributed by atoms with Crippen molar-refractivity contribution in [2.45, 2.75) is 0 Å². The van der Waals surface area contributed by atoms with E-state index in [0.717, 1.165) is 4.47 Å². The number of hydrogen-bond acceptors (Lipinski definition) is 5. The summed E-state index contributed by atoms with van der Waals surface area (Å²) in [5.74, 6) is 1.05. The summed E-state index contributed by atoms with van der Waals surface area (Å²) in [5, 5.41) is 2.75. The van der Waals surface area contributed by atoms with Gasteiger partial charge < -0.3 is 24.3 Å². The van der Waals surface area contributed by atoms with Crippen LogP contribution < -0.4 is 14.8 Å². The normalized spacial score (nSPS) is 13.1. The predicted molar refractivity (Wildman–Crippen MR) is 76.5 cm³/mol. The molecule has 0 aliphatic carbocycles. The van der Waals surface area contributed by atoms with Gasteiger partial charge in [0, 0.05) is 23.7 Å². The van der Waals surface area contributed by atoms with Crippen LogP contribution in [0.15, 0.2) is 16.6 Å². The lowest BCUT2D eigenvalue weighted by atomic mass is 10.2. The molecule has 1 aliphatic heterocycles. The van der Waals surface area contributed by atoms with Gasteiger partial charge in [-0.25, -0.2) is 0 Å². The maximum absolute atomic E-state index is 11.7. The molecule has 2 rings (SSSR count). The van der Waals surface area contributed by atoms with E-state index < -0.39 is 0 Å². The number of anilines is 1. The number of carbonyl (C=O) groups excluding carboxylic acids is 1. The van der Waals surface area contributed by atoms with Gasteiger partial charge in [0.15, 0.2) is 11.5 Å². The highest BCUT2D eigenvalue weighted by atomic mass is 79.9. The largest absolute Gasteiger partial charge is 0.486 e. The molecule has 0 spiro atoms. The smallest absolute Gasteiger partial charge is 0.250 e.